The number of carbonyl (C=O) groups excluding carboxylic acids is 1. The lowest BCUT2D eigenvalue weighted by Gasteiger charge is -2.33. The number of nitrogens with zero attached hydrogens (tertiary/aromatic N) is 1. The number of terminal acetylenes is 1. The molecule has 1 rings (SSSR count). The van der Waals surface area contributed by atoms with E-state index in [1.807, 2.05) is 41.5 Å². The van der Waals surface area contributed by atoms with Gasteiger partial charge in [-0.3, -0.25) is 9.69 Å². The average molecular weight is 251 g/mol. The molecule has 1 unspecified atom stereocenters. The third-order valence-electron chi connectivity index (χ3n) is 3.51. The van der Waals surface area contributed by atoms with E-state index in [-0.39, 0.29) is 11.5 Å². The second-order valence-electron chi connectivity index (χ2n) is 6.94. The number of rotatable bonds is 2. The maximum atomic E-state index is 12.2. The molecule has 0 aliphatic carbocycles. The monoisotopic (exact) mass is 251 g/mol. The lowest BCUT2D eigenvalue weighted by molar-refractivity contribution is -0.166. The van der Waals surface area contributed by atoms with Gasteiger partial charge in [0.25, 0.3) is 0 Å². The molecular formula is C15H25NO2. The molecular weight excluding hydrogens is 226 g/mol. The van der Waals surface area contributed by atoms with Crippen LogP contribution in [-0.2, 0) is 9.53 Å². The van der Waals surface area contributed by atoms with E-state index >= 15 is 0 Å². The second-order valence-corrected chi connectivity index (χ2v) is 6.94. The molecule has 0 N–H and O–H groups in total. The van der Waals surface area contributed by atoms with Gasteiger partial charge in [-0.1, -0.05) is 5.92 Å². The van der Waals surface area contributed by atoms with Gasteiger partial charge < -0.3 is 4.74 Å². The fraction of sp³-hybridized carbons (Fsp3) is 0.800. The quantitative estimate of drug-likeness (QED) is 0.558. The molecule has 3 heteroatoms. The summed E-state index contributed by atoms with van der Waals surface area (Å²) >= 11 is 0. The summed E-state index contributed by atoms with van der Waals surface area (Å²) in [5, 5.41) is 0. The fourth-order valence-corrected chi connectivity index (χ4v) is 2.10. The smallest absolute Gasteiger partial charge is 0.313 e. The van der Waals surface area contributed by atoms with E-state index in [9.17, 15) is 4.79 Å². The summed E-state index contributed by atoms with van der Waals surface area (Å²) < 4.78 is 5.50. The first kappa shape index (κ1) is 15.0. The highest BCUT2D eigenvalue weighted by molar-refractivity contribution is 5.77. The highest BCUT2D eigenvalue weighted by atomic mass is 16.6. The van der Waals surface area contributed by atoms with Crippen molar-refractivity contribution in [3.63, 3.8) is 0 Å². The summed E-state index contributed by atoms with van der Waals surface area (Å²) in [5.74, 6) is 2.66. The zero-order valence-electron chi connectivity index (χ0n) is 12.5. The minimum Gasteiger partial charge on any atom is -0.460 e. The first-order chi connectivity index (χ1) is 8.00. The standard InChI is InChI=1S/C15H25NO2/c1-8-14(5,6)16-10-9-15(7,11-16)12(17)18-13(2,3)4/h1H,9-11H2,2-7H3. The Morgan fingerprint density at radius 1 is 1.33 bits per heavy atom. The van der Waals surface area contributed by atoms with Crippen LogP contribution >= 0.6 is 0 Å². The highest BCUT2D eigenvalue weighted by Crippen LogP contribution is 2.36. The van der Waals surface area contributed by atoms with E-state index in [2.05, 4.69) is 10.8 Å². The Labute approximate surface area is 111 Å². The van der Waals surface area contributed by atoms with E-state index in [1.54, 1.807) is 0 Å². The van der Waals surface area contributed by atoms with E-state index in [1.165, 1.54) is 0 Å². The van der Waals surface area contributed by atoms with Crippen molar-refractivity contribution in [3.8, 4) is 12.3 Å². The molecule has 102 valence electrons. The number of likely N-dealkylation sites (tertiary alicyclic amines) is 1. The fourth-order valence-electron chi connectivity index (χ4n) is 2.10. The molecule has 1 aliphatic rings. The van der Waals surface area contributed by atoms with Gasteiger partial charge >= 0.3 is 5.97 Å². The molecule has 18 heavy (non-hydrogen) atoms. The largest absolute Gasteiger partial charge is 0.460 e. The van der Waals surface area contributed by atoms with Crippen molar-refractivity contribution < 1.29 is 9.53 Å². The summed E-state index contributed by atoms with van der Waals surface area (Å²) in [5.41, 5.74) is -1.18. The van der Waals surface area contributed by atoms with Crippen LogP contribution in [0, 0.1) is 17.8 Å². The van der Waals surface area contributed by atoms with Crippen molar-refractivity contribution in [2.24, 2.45) is 5.41 Å². The molecule has 1 aliphatic heterocycles. The van der Waals surface area contributed by atoms with Gasteiger partial charge in [0, 0.05) is 13.1 Å². The summed E-state index contributed by atoms with van der Waals surface area (Å²) in [6, 6.07) is 0. The van der Waals surface area contributed by atoms with Gasteiger partial charge in [-0.15, -0.1) is 6.42 Å². The molecule has 0 bridgehead atoms. The summed E-state index contributed by atoms with van der Waals surface area (Å²) in [6.45, 7) is 13.2. The van der Waals surface area contributed by atoms with Crippen LogP contribution in [0.4, 0.5) is 0 Å². The van der Waals surface area contributed by atoms with Crippen molar-refractivity contribution in [3.05, 3.63) is 0 Å². The van der Waals surface area contributed by atoms with Crippen molar-refractivity contribution in [2.45, 2.75) is 59.1 Å². The van der Waals surface area contributed by atoms with E-state index < -0.39 is 11.0 Å². The third-order valence-corrected chi connectivity index (χ3v) is 3.51. The van der Waals surface area contributed by atoms with Gasteiger partial charge in [0.2, 0.25) is 0 Å². The van der Waals surface area contributed by atoms with Crippen LogP contribution in [0.3, 0.4) is 0 Å². The van der Waals surface area contributed by atoms with Crippen LogP contribution in [0.1, 0.15) is 48.0 Å². The minimum absolute atomic E-state index is 0.120. The highest BCUT2D eigenvalue weighted by Gasteiger charge is 2.46. The Hall–Kier alpha value is -1.01. The predicted octanol–water partition coefficient (Wildman–Crippen LogP) is 2.45. The van der Waals surface area contributed by atoms with Crippen LogP contribution in [-0.4, -0.2) is 35.1 Å². The van der Waals surface area contributed by atoms with Crippen LogP contribution in [0.15, 0.2) is 0 Å². The molecule has 0 aromatic rings. The topological polar surface area (TPSA) is 29.5 Å². The van der Waals surface area contributed by atoms with Crippen LogP contribution in [0.25, 0.3) is 0 Å². The van der Waals surface area contributed by atoms with Crippen molar-refractivity contribution in [1.82, 2.24) is 4.90 Å². The van der Waals surface area contributed by atoms with Gasteiger partial charge in [0.1, 0.15) is 5.60 Å². The van der Waals surface area contributed by atoms with Crippen LogP contribution < -0.4 is 0 Å². The maximum absolute atomic E-state index is 12.2. The summed E-state index contributed by atoms with van der Waals surface area (Å²) in [4.78, 5) is 14.4. The normalized spacial score (nSPS) is 25.8. The number of hydrogen-bond donors (Lipinski definition) is 0. The SMILES string of the molecule is C#CC(C)(C)N1CCC(C)(C(=O)OC(C)(C)C)C1. The first-order valence-corrected chi connectivity index (χ1v) is 6.46. The molecule has 0 spiro atoms. The second kappa shape index (κ2) is 4.59. The third kappa shape index (κ3) is 3.26. The average Bonchev–Trinajstić information content (AvgIpc) is 2.60. The van der Waals surface area contributed by atoms with Gasteiger partial charge in [-0.2, -0.15) is 0 Å². The molecule has 0 radical (unpaired) electrons. The molecule has 0 amide bonds. The molecule has 1 heterocycles. The van der Waals surface area contributed by atoms with Gasteiger partial charge in [0.05, 0.1) is 11.0 Å². The van der Waals surface area contributed by atoms with Crippen molar-refractivity contribution in [1.29, 1.82) is 0 Å². The lowest BCUT2D eigenvalue weighted by Crippen LogP contribution is -2.44. The Kier molecular flexibility index (Phi) is 3.83. The summed E-state index contributed by atoms with van der Waals surface area (Å²) in [7, 11) is 0. The predicted molar refractivity (Wildman–Crippen MR) is 73.1 cm³/mol. The molecule has 3 nitrogen and oxygen atoms in total. The number of carbonyl (C=O) groups is 1. The van der Waals surface area contributed by atoms with Crippen molar-refractivity contribution >= 4 is 5.97 Å². The first-order valence-electron chi connectivity index (χ1n) is 6.46. The van der Waals surface area contributed by atoms with Gasteiger partial charge in [-0.25, -0.2) is 0 Å². The summed E-state index contributed by atoms with van der Waals surface area (Å²) in [6.07, 6.45) is 6.34. The molecule has 0 saturated carbocycles. The number of hydrogen-bond acceptors (Lipinski definition) is 3. The minimum atomic E-state index is -0.443. The Morgan fingerprint density at radius 2 is 1.89 bits per heavy atom. The molecule has 0 aromatic carbocycles. The molecule has 0 aromatic heterocycles. The van der Waals surface area contributed by atoms with Gasteiger partial charge in [-0.05, 0) is 48.0 Å². The van der Waals surface area contributed by atoms with E-state index in [4.69, 9.17) is 11.2 Å². The van der Waals surface area contributed by atoms with E-state index in [0.717, 1.165) is 13.0 Å². The zero-order chi connectivity index (χ0) is 14.2. The maximum Gasteiger partial charge on any atom is 0.313 e. The van der Waals surface area contributed by atoms with E-state index in [0.29, 0.717) is 6.54 Å². The number of esters is 1. The lowest BCUT2D eigenvalue weighted by atomic mass is 9.89. The zero-order valence-corrected chi connectivity index (χ0v) is 12.5. The molecule has 1 saturated heterocycles. The van der Waals surface area contributed by atoms with Crippen LogP contribution in [0.5, 0.6) is 0 Å². The Balaban J connectivity index is 2.76. The molecule has 1 fully saturated rings. The van der Waals surface area contributed by atoms with Crippen molar-refractivity contribution in [2.75, 3.05) is 13.1 Å². The van der Waals surface area contributed by atoms with Gasteiger partial charge in [0.15, 0.2) is 0 Å². The Morgan fingerprint density at radius 3 is 2.33 bits per heavy atom. The Bertz CT molecular complexity index is 373. The number of ether oxygens (including phenoxy) is 1. The van der Waals surface area contributed by atoms with Crippen LogP contribution in [0.2, 0.25) is 0 Å². The molecule has 1 atom stereocenters.